The van der Waals surface area contributed by atoms with Crippen molar-refractivity contribution in [3.8, 4) is 17.2 Å². The minimum atomic E-state index is -0.541. The average Bonchev–Trinajstić information content (AvgIpc) is 2.71. The van der Waals surface area contributed by atoms with E-state index in [2.05, 4.69) is 5.16 Å². The maximum atomic E-state index is 12.4. The molecule has 3 rings (SSSR count). The van der Waals surface area contributed by atoms with E-state index in [-0.39, 0.29) is 0 Å². The van der Waals surface area contributed by atoms with E-state index in [1.165, 1.54) is 12.7 Å². The third-order valence-corrected chi connectivity index (χ3v) is 4.78. The van der Waals surface area contributed by atoms with Crippen LogP contribution in [-0.2, 0) is 11.3 Å². The molecule has 0 radical (unpaired) electrons. The number of fused-ring (bicyclic) bond motifs is 1. The zero-order valence-electron chi connectivity index (χ0n) is 16.0. The van der Waals surface area contributed by atoms with E-state index in [9.17, 15) is 4.79 Å². The van der Waals surface area contributed by atoms with Crippen molar-refractivity contribution >= 4 is 11.7 Å². The fourth-order valence-electron chi connectivity index (χ4n) is 3.32. The number of benzene rings is 2. The first-order chi connectivity index (χ1) is 13.1. The van der Waals surface area contributed by atoms with Crippen molar-refractivity contribution in [3.05, 3.63) is 52.6 Å². The average molecular weight is 369 g/mol. The molecule has 0 unspecified atom stereocenters. The molecule has 0 aromatic heterocycles. The molecule has 0 spiro atoms. The van der Waals surface area contributed by atoms with Crippen molar-refractivity contribution in [1.29, 1.82) is 0 Å². The molecule has 0 saturated heterocycles. The van der Waals surface area contributed by atoms with E-state index in [0.29, 0.717) is 17.1 Å². The number of rotatable bonds is 5. The molecule has 0 bridgehead atoms. The van der Waals surface area contributed by atoms with Crippen molar-refractivity contribution in [1.82, 2.24) is 0 Å². The van der Waals surface area contributed by atoms with Gasteiger partial charge in [-0.1, -0.05) is 5.16 Å². The predicted molar refractivity (Wildman–Crippen MR) is 102 cm³/mol. The van der Waals surface area contributed by atoms with Crippen LogP contribution in [0.3, 0.4) is 0 Å². The molecule has 6 nitrogen and oxygen atoms in total. The topological polar surface area (TPSA) is 66.4 Å². The third-order valence-electron chi connectivity index (χ3n) is 4.78. The summed E-state index contributed by atoms with van der Waals surface area (Å²) in [5.41, 5.74) is 4.43. The highest BCUT2D eigenvalue weighted by atomic mass is 16.7. The van der Waals surface area contributed by atoms with E-state index in [4.69, 9.17) is 19.0 Å². The maximum Gasteiger partial charge on any atom is 0.365 e. The number of carbonyl (C=O) groups is 1. The van der Waals surface area contributed by atoms with Crippen LogP contribution in [0.2, 0.25) is 0 Å². The Morgan fingerprint density at radius 2 is 1.63 bits per heavy atom. The molecule has 0 N–H and O–H groups in total. The molecule has 0 aliphatic heterocycles. The summed E-state index contributed by atoms with van der Waals surface area (Å²) in [6, 6.07) is 8.75. The van der Waals surface area contributed by atoms with Crippen LogP contribution >= 0.6 is 0 Å². The summed E-state index contributed by atoms with van der Waals surface area (Å²) in [5, 5.41) is 4.15. The van der Waals surface area contributed by atoms with Gasteiger partial charge in [-0.2, -0.15) is 0 Å². The molecule has 6 heteroatoms. The fourth-order valence-corrected chi connectivity index (χ4v) is 3.32. The molecule has 142 valence electrons. The molecule has 0 heterocycles. The summed E-state index contributed by atoms with van der Waals surface area (Å²) in [7, 11) is 4.72. The van der Waals surface area contributed by atoms with Crippen LogP contribution in [0.1, 0.15) is 39.9 Å². The lowest BCUT2D eigenvalue weighted by Crippen LogP contribution is -2.15. The van der Waals surface area contributed by atoms with Gasteiger partial charge in [-0.25, -0.2) is 4.79 Å². The number of oxime groups is 1. The quantitative estimate of drug-likeness (QED) is 0.590. The van der Waals surface area contributed by atoms with E-state index >= 15 is 0 Å². The normalized spacial score (nSPS) is 14.4. The van der Waals surface area contributed by atoms with Crippen LogP contribution in [0.25, 0.3) is 0 Å². The molecule has 0 atom stereocenters. The lowest BCUT2D eigenvalue weighted by Gasteiger charge is -2.21. The summed E-state index contributed by atoms with van der Waals surface area (Å²) in [6.45, 7) is 2.04. The molecule has 1 aliphatic rings. The van der Waals surface area contributed by atoms with Gasteiger partial charge in [0, 0.05) is 5.56 Å². The molecule has 1 aliphatic carbocycles. The summed E-state index contributed by atoms with van der Waals surface area (Å²) in [4.78, 5) is 17.6. The zero-order valence-corrected chi connectivity index (χ0v) is 16.0. The zero-order chi connectivity index (χ0) is 19.4. The number of carbonyl (C=O) groups excluding carboxylic acids is 1. The number of nitrogens with zero attached hydrogens (tertiary/aromatic N) is 1. The Bertz CT molecular complexity index is 888. The molecular weight excluding hydrogens is 346 g/mol. The Labute approximate surface area is 158 Å². The molecule has 0 amide bonds. The monoisotopic (exact) mass is 369 g/mol. The second kappa shape index (κ2) is 8.12. The van der Waals surface area contributed by atoms with Crippen LogP contribution in [0.5, 0.6) is 17.2 Å². The highest BCUT2D eigenvalue weighted by molar-refractivity contribution is 6.03. The van der Waals surface area contributed by atoms with Crippen LogP contribution in [0, 0.1) is 6.92 Å². The van der Waals surface area contributed by atoms with Gasteiger partial charge in [0.05, 0.1) is 32.6 Å². The molecule has 2 aromatic rings. The SMILES string of the molecule is COc1ccc(C(=O)O/N=C2\CCCc3c2ccc(OC)c3C)cc1OC. The predicted octanol–water partition coefficient (Wildman–Crippen LogP) is 3.92. The van der Waals surface area contributed by atoms with E-state index in [1.54, 1.807) is 32.4 Å². The highest BCUT2D eigenvalue weighted by Crippen LogP contribution is 2.31. The van der Waals surface area contributed by atoms with Crippen molar-refractivity contribution in [2.75, 3.05) is 21.3 Å². The van der Waals surface area contributed by atoms with Gasteiger partial charge in [0.1, 0.15) is 5.75 Å². The molecule has 0 saturated carbocycles. The second-order valence-electron chi connectivity index (χ2n) is 6.26. The van der Waals surface area contributed by atoms with Gasteiger partial charge in [0.25, 0.3) is 0 Å². The molecule has 27 heavy (non-hydrogen) atoms. The first kappa shape index (κ1) is 18.8. The lowest BCUT2D eigenvalue weighted by molar-refractivity contribution is 0.0515. The van der Waals surface area contributed by atoms with Crippen LogP contribution in [0.4, 0.5) is 0 Å². The van der Waals surface area contributed by atoms with Crippen LogP contribution < -0.4 is 14.2 Å². The molecule has 2 aromatic carbocycles. The minimum absolute atomic E-state index is 0.346. The Morgan fingerprint density at radius 1 is 0.926 bits per heavy atom. The largest absolute Gasteiger partial charge is 0.496 e. The Hall–Kier alpha value is -3.02. The van der Waals surface area contributed by atoms with Gasteiger partial charge in [-0.3, -0.25) is 0 Å². The van der Waals surface area contributed by atoms with Crippen molar-refractivity contribution in [3.63, 3.8) is 0 Å². The molecule has 0 fully saturated rings. The Morgan fingerprint density at radius 3 is 2.33 bits per heavy atom. The second-order valence-corrected chi connectivity index (χ2v) is 6.26. The van der Waals surface area contributed by atoms with Gasteiger partial charge in [0.2, 0.25) is 0 Å². The number of methoxy groups -OCH3 is 3. The summed E-state index contributed by atoms with van der Waals surface area (Å²) in [6.07, 6.45) is 2.67. The fraction of sp³-hybridized carbons (Fsp3) is 0.333. The maximum absolute atomic E-state index is 12.4. The van der Waals surface area contributed by atoms with E-state index in [0.717, 1.165) is 41.9 Å². The van der Waals surface area contributed by atoms with Crippen molar-refractivity contribution in [2.24, 2.45) is 5.16 Å². The number of hydrogen-bond donors (Lipinski definition) is 0. The Kier molecular flexibility index (Phi) is 5.64. The van der Waals surface area contributed by atoms with Gasteiger partial charge >= 0.3 is 5.97 Å². The van der Waals surface area contributed by atoms with Gasteiger partial charge in [-0.05, 0) is 67.6 Å². The van der Waals surface area contributed by atoms with Crippen LogP contribution in [0.15, 0.2) is 35.5 Å². The van der Waals surface area contributed by atoms with Crippen LogP contribution in [-0.4, -0.2) is 33.0 Å². The first-order valence-corrected chi connectivity index (χ1v) is 8.76. The third kappa shape index (κ3) is 3.74. The standard InChI is InChI=1S/C21H23NO5/c1-13-15-6-5-7-17(16(15)9-11-18(13)24-2)22-27-21(23)14-8-10-19(25-3)20(12-14)26-4/h8-12H,5-7H2,1-4H3/b22-17+. The van der Waals surface area contributed by atoms with E-state index in [1.807, 2.05) is 19.1 Å². The minimum Gasteiger partial charge on any atom is -0.496 e. The Balaban J connectivity index is 1.83. The highest BCUT2D eigenvalue weighted by Gasteiger charge is 2.21. The van der Waals surface area contributed by atoms with E-state index < -0.39 is 5.97 Å². The summed E-state index contributed by atoms with van der Waals surface area (Å²) < 4.78 is 15.8. The number of hydrogen-bond acceptors (Lipinski definition) is 6. The van der Waals surface area contributed by atoms with Gasteiger partial charge in [0.15, 0.2) is 11.5 Å². The van der Waals surface area contributed by atoms with Crippen molar-refractivity contribution < 1.29 is 23.8 Å². The summed E-state index contributed by atoms with van der Waals surface area (Å²) >= 11 is 0. The first-order valence-electron chi connectivity index (χ1n) is 8.76. The number of ether oxygens (including phenoxy) is 3. The van der Waals surface area contributed by atoms with Crippen molar-refractivity contribution in [2.45, 2.75) is 26.2 Å². The lowest BCUT2D eigenvalue weighted by atomic mass is 9.87. The van der Waals surface area contributed by atoms with Gasteiger partial charge < -0.3 is 19.0 Å². The summed E-state index contributed by atoms with van der Waals surface area (Å²) in [5.74, 6) is 1.33. The molecular formula is C21H23NO5. The smallest absolute Gasteiger partial charge is 0.365 e. The van der Waals surface area contributed by atoms with Gasteiger partial charge in [-0.15, -0.1) is 0 Å².